The number of nitriles is 1. The minimum atomic E-state index is 0.647. The molecule has 158 valence electrons. The zero-order valence-electron chi connectivity index (χ0n) is 18.4. The van der Waals surface area contributed by atoms with Gasteiger partial charge in [0.15, 0.2) is 5.69 Å². The van der Waals surface area contributed by atoms with Crippen molar-refractivity contribution in [3.8, 4) is 17.9 Å². The molecule has 4 aromatic rings. The minimum absolute atomic E-state index is 0.647. The molecule has 4 rings (SSSR count). The van der Waals surface area contributed by atoms with Crippen LogP contribution in [0.5, 0.6) is 0 Å². The average Bonchev–Trinajstić information content (AvgIpc) is 2.91. The molecule has 0 amide bonds. The quantitative estimate of drug-likeness (QED) is 0.183. The maximum absolute atomic E-state index is 8.88. The Hall–Kier alpha value is -5.10. The van der Waals surface area contributed by atoms with Crippen molar-refractivity contribution in [2.75, 3.05) is 0 Å². The number of hydrogen-bond acceptors (Lipinski definition) is 1. The lowest BCUT2D eigenvalue weighted by molar-refractivity contribution is 1.48. The van der Waals surface area contributed by atoms with Crippen LogP contribution < -0.4 is 0 Å². The molecule has 2 heteroatoms. The molecule has 0 saturated carbocycles. The monoisotopic (exact) mass is 432 g/mol. The number of benzene rings is 4. The van der Waals surface area contributed by atoms with Crippen LogP contribution in [0.4, 0.5) is 5.69 Å². The highest BCUT2D eigenvalue weighted by molar-refractivity contribution is 5.71. The molecule has 0 aliphatic rings. The third kappa shape index (κ3) is 6.21. The van der Waals surface area contributed by atoms with Crippen LogP contribution >= 0.6 is 0 Å². The standard InChI is InChI=1S/C32H20N2/c1-34-32-22-20-30(21-23-32)15-14-28-10-8-26(9-11-28)3-2-25-4-6-27(7-5-25)12-13-29-16-18-31(24-33)19-17-29/h4-23H. The first-order valence-corrected chi connectivity index (χ1v) is 10.8. The molecule has 0 unspecified atom stereocenters. The fraction of sp³-hybridized carbons (Fsp3) is 0. The molecule has 0 heterocycles. The molecular weight excluding hydrogens is 412 g/mol. The van der Waals surface area contributed by atoms with Crippen LogP contribution in [0.1, 0.15) is 38.9 Å². The van der Waals surface area contributed by atoms with Gasteiger partial charge in [-0.2, -0.15) is 5.26 Å². The molecule has 0 bridgehead atoms. The smallest absolute Gasteiger partial charge is 0.187 e. The summed E-state index contributed by atoms with van der Waals surface area (Å²) in [5.41, 5.74) is 7.54. The van der Waals surface area contributed by atoms with E-state index in [1.54, 1.807) is 0 Å². The SMILES string of the molecule is [C-]#[N+]c1ccc(C=Cc2ccc(C#Cc3ccc(C=Cc4ccc(C#N)cc4)cc3)cc2)cc1. The van der Waals surface area contributed by atoms with Crippen molar-refractivity contribution in [3.63, 3.8) is 0 Å². The minimum Gasteiger partial charge on any atom is -0.238 e. The van der Waals surface area contributed by atoms with Crippen LogP contribution in [0.2, 0.25) is 0 Å². The number of nitrogens with zero attached hydrogens (tertiary/aromatic N) is 2. The van der Waals surface area contributed by atoms with E-state index >= 15 is 0 Å². The predicted molar refractivity (Wildman–Crippen MR) is 141 cm³/mol. The molecule has 0 saturated heterocycles. The summed E-state index contributed by atoms with van der Waals surface area (Å²) < 4.78 is 0. The molecule has 0 N–H and O–H groups in total. The van der Waals surface area contributed by atoms with Gasteiger partial charge in [-0.3, -0.25) is 0 Å². The van der Waals surface area contributed by atoms with Gasteiger partial charge in [0.05, 0.1) is 18.2 Å². The van der Waals surface area contributed by atoms with Crippen LogP contribution in [0, 0.1) is 29.7 Å². The summed E-state index contributed by atoms with van der Waals surface area (Å²) >= 11 is 0. The van der Waals surface area contributed by atoms with Crippen molar-refractivity contribution >= 4 is 30.0 Å². The Bertz CT molecular complexity index is 1350. The van der Waals surface area contributed by atoms with Gasteiger partial charge < -0.3 is 0 Å². The highest BCUT2D eigenvalue weighted by Gasteiger charge is 1.94. The van der Waals surface area contributed by atoms with Gasteiger partial charge in [-0.05, 0) is 58.7 Å². The fourth-order valence-electron chi connectivity index (χ4n) is 3.21. The lowest BCUT2D eigenvalue weighted by atomic mass is 10.1. The summed E-state index contributed by atoms with van der Waals surface area (Å²) in [6.07, 6.45) is 8.16. The van der Waals surface area contributed by atoms with Gasteiger partial charge in [-0.1, -0.05) is 96.8 Å². The highest BCUT2D eigenvalue weighted by Crippen LogP contribution is 2.15. The topological polar surface area (TPSA) is 28.1 Å². The summed E-state index contributed by atoms with van der Waals surface area (Å²) in [5.74, 6) is 6.43. The molecule has 0 fully saturated rings. The number of hydrogen-bond donors (Lipinski definition) is 0. The molecule has 0 aliphatic carbocycles. The van der Waals surface area contributed by atoms with E-state index in [1.165, 1.54) is 0 Å². The normalized spacial score (nSPS) is 10.4. The molecule has 0 atom stereocenters. The molecule has 4 aromatic carbocycles. The summed E-state index contributed by atoms with van der Waals surface area (Å²) in [6, 6.07) is 33.4. The lowest BCUT2D eigenvalue weighted by Crippen LogP contribution is -1.79. The maximum Gasteiger partial charge on any atom is 0.187 e. The largest absolute Gasteiger partial charge is 0.238 e. The van der Waals surface area contributed by atoms with E-state index in [9.17, 15) is 0 Å². The van der Waals surface area contributed by atoms with Crippen molar-refractivity contribution in [1.82, 2.24) is 0 Å². The molecule has 0 aliphatic heterocycles. The van der Waals surface area contributed by atoms with Gasteiger partial charge in [-0.15, -0.1) is 0 Å². The van der Waals surface area contributed by atoms with Crippen molar-refractivity contribution in [3.05, 3.63) is 147 Å². The second-order valence-electron chi connectivity index (χ2n) is 7.60. The Kier molecular flexibility index (Phi) is 7.13. The van der Waals surface area contributed by atoms with Crippen molar-refractivity contribution in [2.45, 2.75) is 0 Å². The molecule has 2 nitrogen and oxygen atoms in total. The first-order valence-electron chi connectivity index (χ1n) is 10.8. The maximum atomic E-state index is 8.88. The zero-order chi connectivity index (χ0) is 23.6. The van der Waals surface area contributed by atoms with Gasteiger partial charge in [0.2, 0.25) is 0 Å². The van der Waals surface area contributed by atoms with Crippen LogP contribution in [0.3, 0.4) is 0 Å². The van der Waals surface area contributed by atoms with Gasteiger partial charge in [0.25, 0.3) is 0 Å². The van der Waals surface area contributed by atoms with Crippen LogP contribution in [0.25, 0.3) is 29.1 Å². The Morgan fingerprint density at radius 3 is 1.15 bits per heavy atom. The van der Waals surface area contributed by atoms with E-state index in [4.69, 9.17) is 11.8 Å². The van der Waals surface area contributed by atoms with E-state index in [1.807, 2.05) is 121 Å². The first-order chi connectivity index (χ1) is 16.7. The van der Waals surface area contributed by atoms with E-state index in [0.29, 0.717) is 11.3 Å². The van der Waals surface area contributed by atoms with E-state index in [2.05, 4.69) is 22.8 Å². The summed E-state index contributed by atoms with van der Waals surface area (Å²) in [7, 11) is 0. The fourth-order valence-corrected chi connectivity index (χ4v) is 3.21. The van der Waals surface area contributed by atoms with Crippen molar-refractivity contribution < 1.29 is 0 Å². The second kappa shape index (κ2) is 11.0. The zero-order valence-corrected chi connectivity index (χ0v) is 18.4. The van der Waals surface area contributed by atoms with Crippen molar-refractivity contribution in [1.29, 1.82) is 5.26 Å². The highest BCUT2D eigenvalue weighted by atomic mass is 14.6. The first kappa shape index (κ1) is 22.1. The van der Waals surface area contributed by atoms with E-state index in [0.717, 1.165) is 33.4 Å². The second-order valence-corrected chi connectivity index (χ2v) is 7.60. The van der Waals surface area contributed by atoms with E-state index < -0.39 is 0 Å². The third-order valence-electron chi connectivity index (χ3n) is 5.17. The van der Waals surface area contributed by atoms with Crippen LogP contribution in [0.15, 0.2) is 97.1 Å². The third-order valence-corrected chi connectivity index (χ3v) is 5.17. The molecule has 34 heavy (non-hydrogen) atoms. The van der Waals surface area contributed by atoms with Crippen LogP contribution in [-0.2, 0) is 0 Å². The molecule has 0 spiro atoms. The summed E-state index contributed by atoms with van der Waals surface area (Å²) in [4.78, 5) is 3.41. The molecule has 0 aromatic heterocycles. The Morgan fingerprint density at radius 1 is 0.500 bits per heavy atom. The Morgan fingerprint density at radius 2 is 0.824 bits per heavy atom. The van der Waals surface area contributed by atoms with E-state index in [-0.39, 0.29) is 0 Å². The Labute approximate surface area is 200 Å². The molecular formula is C32H20N2. The number of rotatable bonds is 4. The van der Waals surface area contributed by atoms with Gasteiger partial charge in [0.1, 0.15) is 0 Å². The van der Waals surface area contributed by atoms with Gasteiger partial charge >= 0.3 is 0 Å². The van der Waals surface area contributed by atoms with Gasteiger partial charge in [0, 0.05) is 11.1 Å². The van der Waals surface area contributed by atoms with Crippen LogP contribution in [-0.4, -0.2) is 0 Å². The molecule has 0 radical (unpaired) electrons. The average molecular weight is 433 g/mol. The summed E-state index contributed by atoms with van der Waals surface area (Å²) in [6.45, 7) is 7.01. The van der Waals surface area contributed by atoms with Gasteiger partial charge in [-0.25, -0.2) is 4.85 Å². The Balaban J connectivity index is 1.36. The lowest BCUT2D eigenvalue weighted by Gasteiger charge is -1.97. The van der Waals surface area contributed by atoms with Crippen molar-refractivity contribution in [2.24, 2.45) is 0 Å². The predicted octanol–water partition coefficient (Wildman–Crippen LogP) is 7.85. The summed E-state index contributed by atoms with van der Waals surface area (Å²) in [5, 5.41) is 8.88.